The molecule has 8 heteroatoms. The van der Waals surface area contributed by atoms with E-state index in [-0.39, 0.29) is 0 Å². The highest BCUT2D eigenvalue weighted by Gasteiger charge is 2.28. The SMILES string of the molecule is O=C(O)CC(O)C(O)c1cc(F)ccc1[N+](=O)[O-]. The van der Waals surface area contributed by atoms with Gasteiger partial charge in [-0.2, -0.15) is 0 Å². The van der Waals surface area contributed by atoms with Crippen molar-refractivity contribution in [2.45, 2.75) is 18.6 Å². The number of aliphatic hydroxyl groups excluding tert-OH is 2. The Hall–Kier alpha value is -2.06. The molecule has 0 fully saturated rings. The minimum atomic E-state index is -1.85. The maximum Gasteiger partial charge on any atom is 0.306 e. The minimum absolute atomic E-state index is 0.464. The van der Waals surface area contributed by atoms with E-state index in [9.17, 15) is 29.5 Å². The monoisotopic (exact) mass is 259 g/mol. The molecule has 2 unspecified atom stereocenters. The zero-order valence-electron chi connectivity index (χ0n) is 8.99. The van der Waals surface area contributed by atoms with Gasteiger partial charge in [0.1, 0.15) is 11.9 Å². The van der Waals surface area contributed by atoms with E-state index in [0.717, 1.165) is 12.1 Å². The summed E-state index contributed by atoms with van der Waals surface area (Å²) in [5.74, 6) is -2.22. The van der Waals surface area contributed by atoms with Crippen molar-refractivity contribution in [3.8, 4) is 0 Å². The lowest BCUT2D eigenvalue weighted by Gasteiger charge is -2.16. The van der Waals surface area contributed by atoms with Crippen LogP contribution in [-0.4, -0.2) is 32.3 Å². The van der Waals surface area contributed by atoms with Crippen molar-refractivity contribution in [3.05, 3.63) is 39.7 Å². The van der Waals surface area contributed by atoms with E-state index < -0.39 is 46.6 Å². The number of nitro groups is 1. The van der Waals surface area contributed by atoms with Crippen molar-refractivity contribution in [3.63, 3.8) is 0 Å². The molecular formula is C10H10FNO6. The van der Waals surface area contributed by atoms with E-state index in [4.69, 9.17) is 5.11 Å². The molecule has 0 saturated heterocycles. The molecule has 7 nitrogen and oxygen atoms in total. The molecule has 0 heterocycles. The molecule has 1 rings (SSSR count). The van der Waals surface area contributed by atoms with Gasteiger partial charge in [-0.1, -0.05) is 0 Å². The van der Waals surface area contributed by atoms with Gasteiger partial charge in [0.15, 0.2) is 0 Å². The largest absolute Gasteiger partial charge is 0.481 e. The smallest absolute Gasteiger partial charge is 0.306 e. The van der Waals surface area contributed by atoms with Gasteiger partial charge in [-0.25, -0.2) is 4.39 Å². The van der Waals surface area contributed by atoms with Crippen LogP contribution in [0.25, 0.3) is 0 Å². The van der Waals surface area contributed by atoms with E-state index in [1.165, 1.54) is 0 Å². The van der Waals surface area contributed by atoms with Gasteiger partial charge < -0.3 is 15.3 Å². The number of aliphatic hydroxyl groups is 2. The van der Waals surface area contributed by atoms with Crippen molar-refractivity contribution in [1.29, 1.82) is 0 Å². The summed E-state index contributed by atoms with van der Waals surface area (Å²) < 4.78 is 13.0. The highest BCUT2D eigenvalue weighted by Crippen LogP contribution is 2.28. The number of benzene rings is 1. The van der Waals surface area contributed by atoms with Crippen molar-refractivity contribution < 1.29 is 29.4 Å². The van der Waals surface area contributed by atoms with Crippen LogP contribution in [-0.2, 0) is 4.79 Å². The molecule has 2 atom stereocenters. The van der Waals surface area contributed by atoms with Crippen LogP contribution in [0, 0.1) is 15.9 Å². The first-order valence-corrected chi connectivity index (χ1v) is 4.84. The Morgan fingerprint density at radius 2 is 2.06 bits per heavy atom. The molecule has 0 bridgehead atoms. The fourth-order valence-corrected chi connectivity index (χ4v) is 1.43. The van der Waals surface area contributed by atoms with Gasteiger partial charge in [0.25, 0.3) is 5.69 Å². The highest BCUT2D eigenvalue weighted by atomic mass is 19.1. The third kappa shape index (κ3) is 3.22. The first-order chi connectivity index (χ1) is 8.32. The number of hydrogen-bond acceptors (Lipinski definition) is 5. The summed E-state index contributed by atoms with van der Waals surface area (Å²) in [5.41, 5.74) is -1.05. The lowest BCUT2D eigenvalue weighted by molar-refractivity contribution is -0.386. The average Bonchev–Trinajstić information content (AvgIpc) is 2.26. The Labute approximate surface area is 100 Å². The van der Waals surface area contributed by atoms with Crippen molar-refractivity contribution in [2.24, 2.45) is 0 Å². The number of aliphatic carboxylic acids is 1. The summed E-state index contributed by atoms with van der Waals surface area (Å²) in [6.07, 6.45) is -4.42. The average molecular weight is 259 g/mol. The van der Waals surface area contributed by atoms with Gasteiger partial charge in [-0.05, 0) is 12.1 Å². The number of carboxylic acid groups (broad SMARTS) is 1. The van der Waals surface area contributed by atoms with Crippen molar-refractivity contribution in [2.75, 3.05) is 0 Å². The molecule has 0 aliphatic heterocycles. The molecule has 0 spiro atoms. The second-order valence-electron chi connectivity index (χ2n) is 3.57. The van der Waals surface area contributed by atoms with Crippen LogP contribution in [0.15, 0.2) is 18.2 Å². The van der Waals surface area contributed by atoms with E-state index >= 15 is 0 Å². The van der Waals surface area contributed by atoms with Crippen LogP contribution < -0.4 is 0 Å². The van der Waals surface area contributed by atoms with E-state index in [2.05, 4.69) is 0 Å². The van der Waals surface area contributed by atoms with Crippen molar-refractivity contribution in [1.82, 2.24) is 0 Å². The zero-order chi connectivity index (χ0) is 13.9. The second-order valence-corrected chi connectivity index (χ2v) is 3.57. The Kier molecular flexibility index (Phi) is 4.29. The van der Waals surface area contributed by atoms with Gasteiger partial charge >= 0.3 is 5.97 Å². The molecule has 1 aromatic rings. The summed E-state index contributed by atoms with van der Waals surface area (Å²) in [6.45, 7) is 0. The summed E-state index contributed by atoms with van der Waals surface area (Å²) in [6, 6.07) is 2.35. The number of rotatable bonds is 5. The van der Waals surface area contributed by atoms with Gasteiger partial charge in [-0.15, -0.1) is 0 Å². The van der Waals surface area contributed by atoms with Gasteiger partial charge in [0.2, 0.25) is 0 Å². The minimum Gasteiger partial charge on any atom is -0.481 e. The Bertz CT molecular complexity index is 477. The van der Waals surface area contributed by atoms with Crippen LogP contribution >= 0.6 is 0 Å². The van der Waals surface area contributed by atoms with E-state index in [1.54, 1.807) is 0 Å². The molecular weight excluding hydrogens is 249 g/mol. The van der Waals surface area contributed by atoms with E-state index in [0.29, 0.717) is 6.07 Å². The zero-order valence-corrected chi connectivity index (χ0v) is 8.99. The Morgan fingerprint density at radius 1 is 1.44 bits per heavy atom. The number of carboxylic acids is 1. The van der Waals surface area contributed by atoms with Crippen LogP contribution in [0.3, 0.4) is 0 Å². The molecule has 1 aromatic carbocycles. The molecule has 0 saturated carbocycles. The number of hydrogen-bond donors (Lipinski definition) is 3. The first kappa shape index (κ1) is 14.0. The van der Waals surface area contributed by atoms with E-state index in [1.807, 2.05) is 0 Å². The molecule has 0 radical (unpaired) electrons. The molecule has 0 aliphatic rings. The summed E-state index contributed by atoms with van der Waals surface area (Å²) >= 11 is 0. The van der Waals surface area contributed by atoms with Crippen LogP contribution in [0.4, 0.5) is 10.1 Å². The molecule has 0 aromatic heterocycles. The number of nitrogens with zero attached hydrogens (tertiary/aromatic N) is 1. The quantitative estimate of drug-likeness (QED) is 0.526. The highest BCUT2D eigenvalue weighted by molar-refractivity contribution is 5.67. The normalized spacial score (nSPS) is 13.9. The Morgan fingerprint density at radius 3 is 2.56 bits per heavy atom. The molecule has 3 N–H and O–H groups in total. The van der Waals surface area contributed by atoms with Gasteiger partial charge in [0.05, 0.1) is 23.0 Å². The van der Waals surface area contributed by atoms with Crippen LogP contribution in [0.1, 0.15) is 18.1 Å². The molecule has 98 valence electrons. The lowest BCUT2D eigenvalue weighted by atomic mass is 10.0. The summed E-state index contributed by atoms with van der Waals surface area (Å²) in [7, 11) is 0. The molecule has 18 heavy (non-hydrogen) atoms. The number of nitro benzene ring substituents is 1. The van der Waals surface area contributed by atoms with Gasteiger partial charge in [-0.3, -0.25) is 14.9 Å². The topological polar surface area (TPSA) is 121 Å². The predicted octanol–water partition coefficient (Wildman–Crippen LogP) is 0.603. The standard InChI is InChI=1S/C10H10FNO6/c11-5-1-2-7(12(17)18)6(3-5)10(16)8(13)4-9(14)15/h1-3,8,10,13,16H,4H2,(H,14,15). The predicted molar refractivity (Wildman–Crippen MR) is 56.3 cm³/mol. The first-order valence-electron chi connectivity index (χ1n) is 4.84. The van der Waals surface area contributed by atoms with Crippen LogP contribution in [0.2, 0.25) is 0 Å². The van der Waals surface area contributed by atoms with Crippen LogP contribution in [0.5, 0.6) is 0 Å². The number of carbonyl (C=O) groups is 1. The second kappa shape index (κ2) is 5.52. The third-order valence-corrected chi connectivity index (χ3v) is 2.25. The fourth-order valence-electron chi connectivity index (χ4n) is 1.43. The summed E-state index contributed by atoms with van der Waals surface area (Å²) in [5, 5.41) is 38.1. The lowest BCUT2D eigenvalue weighted by Crippen LogP contribution is -2.22. The third-order valence-electron chi connectivity index (χ3n) is 2.25. The summed E-state index contributed by atoms with van der Waals surface area (Å²) in [4.78, 5) is 20.2. The van der Waals surface area contributed by atoms with Crippen molar-refractivity contribution >= 4 is 11.7 Å². The number of halogens is 1. The molecule has 0 aliphatic carbocycles. The maximum absolute atomic E-state index is 13.0. The molecule has 0 amide bonds. The Balaban J connectivity index is 3.10. The van der Waals surface area contributed by atoms with Gasteiger partial charge in [0, 0.05) is 6.07 Å². The maximum atomic E-state index is 13.0. The fraction of sp³-hybridized carbons (Fsp3) is 0.300.